The van der Waals surface area contributed by atoms with Crippen LogP contribution in [0.5, 0.6) is 0 Å². The third-order valence-electron chi connectivity index (χ3n) is 6.49. The number of hydrogen-bond acceptors (Lipinski definition) is 4. The topological polar surface area (TPSA) is 118 Å². The van der Waals surface area contributed by atoms with E-state index < -0.39 is 16.1 Å². The average Bonchev–Trinajstić information content (AvgIpc) is 2.75. The first-order valence-electron chi connectivity index (χ1n) is 8.72. The van der Waals surface area contributed by atoms with Crippen molar-refractivity contribution in [3.63, 3.8) is 0 Å². The van der Waals surface area contributed by atoms with E-state index in [0.29, 0.717) is 24.8 Å². The van der Waals surface area contributed by atoms with Crippen molar-refractivity contribution in [3.05, 3.63) is 30.3 Å². The van der Waals surface area contributed by atoms with Gasteiger partial charge in [0.05, 0.1) is 11.3 Å². The molecule has 3 saturated carbocycles. The number of hydrogen-bond donors (Lipinski definition) is 3. The number of fused-ring (bicyclic) bond motifs is 1. The number of nitrogens with two attached hydrogens (primary N) is 1. The lowest BCUT2D eigenvalue weighted by Gasteiger charge is -2.59. The van der Waals surface area contributed by atoms with Gasteiger partial charge in [-0.25, -0.2) is 0 Å². The first kappa shape index (κ1) is 18.4. The lowest BCUT2D eigenvalue weighted by atomic mass is 9.45. The number of benzene rings is 1. The highest BCUT2D eigenvalue weighted by Crippen LogP contribution is 2.70. The minimum Gasteiger partial charge on any atom is -0.481 e. The number of carboxylic acid groups (broad SMARTS) is 1. The van der Waals surface area contributed by atoms with E-state index in [1.165, 1.54) is 37.8 Å². The molecule has 6 nitrogen and oxygen atoms in total. The number of rotatable bonds is 4. The Labute approximate surface area is 148 Å². The van der Waals surface area contributed by atoms with Gasteiger partial charge in [-0.3, -0.25) is 9.35 Å². The van der Waals surface area contributed by atoms with Crippen LogP contribution in [-0.2, 0) is 14.9 Å². The summed E-state index contributed by atoms with van der Waals surface area (Å²) in [4.78, 5) is 10.9. The van der Waals surface area contributed by atoms with Crippen molar-refractivity contribution in [2.24, 2.45) is 34.8 Å². The molecule has 3 aliphatic rings. The number of carboxylic acids is 1. The first-order chi connectivity index (χ1) is 11.8. The van der Waals surface area contributed by atoms with Crippen molar-refractivity contribution in [3.8, 4) is 0 Å². The monoisotopic (exact) mass is 367 g/mol. The highest BCUT2D eigenvalue weighted by atomic mass is 32.2. The second-order valence-corrected chi connectivity index (χ2v) is 9.01. The molecule has 0 spiro atoms. The molecule has 0 heterocycles. The smallest absolute Gasteiger partial charge is 0.303 e. The molecule has 0 aliphatic heterocycles. The van der Waals surface area contributed by atoms with Gasteiger partial charge in [0.15, 0.2) is 0 Å². The summed E-state index contributed by atoms with van der Waals surface area (Å²) in [5.74, 6) is 2.32. The minimum absolute atomic E-state index is 0.0260. The molecule has 7 heteroatoms. The zero-order valence-electron chi connectivity index (χ0n) is 14.0. The van der Waals surface area contributed by atoms with E-state index in [1.54, 1.807) is 18.2 Å². The first-order valence-corrected chi connectivity index (χ1v) is 10.2. The minimum atomic E-state index is -4.00. The molecular weight excluding hydrogens is 342 g/mol. The molecule has 0 aromatic heterocycles. The van der Waals surface area contributed by atoms with Gasteiger partial charge in [-0.2, -0.15) is 8.42 Å². The van der Waals surface area contributed by atoms with Crippen LogP contribution in [0.1, 0.15) is 32.1 Å². The maximum Gasteiger partial charge on any atom is 0.303 e. The Kier molecular flexibility index (Phi) is 4.92. The summed E-state index contributed by atoms with van der Waals surface area (Å²) < 4.78 is 29.2. The highest BCUT2D eigenvalue weighted by Gasteiger charge is 2.65. The van der Waals surface area contributed by atoms with Crippen molar-refractivity contribution in [2.75, 3.05) is 6.54 Å². The molecule has 0 radical (unpaired) electrons. The molecule has 0 saturated heterocycles. The zero-order chi connectivity index (χ0) is 18.2. The Bertz CT molecular complexity index is 727. The third-order valence-corrected chi connectivity index (χ3v) is 7.36. The summed E-state index contributed by atoms with van der Waals surface area (Å²) in [5.41, 5.74) is 5.87. The fraction of sp³-hybridized carbons (Fsp3) is 0.611. The Morgan fingerprint density at radius 2 is 1.84 bits per heavy atom. The fourth-order valence-electron chi connectivity index (χ4n) is 5.53. The van der Waals surface area contributed by atoms with E-state index in [-0.39, 0.29) is 10.3 Å². The molecule has 1 aromatic carbocycles. The Hall–Kier alpha value is -1.44. The molecule has 3 aliphatic carbocycles. The Morgan fingerprint density at radius 3 is 2.36 bits per heavy atom. The van der Waals surface area contributed by atoms with E-state index in [2.05, 4.69) is 0 Å². The molecule has 25 heavy (non-hydrogen) atoms. The summed E-state index contributed by atoms with van der Waals surface area (Å²) in [6.45, 7) is 0.581. The van der Waals surface area contributed by atoms with Crippen LogP contribution in [0.25, 0.3) is 0 Å². The summed E-state index contributed by atoms with van der Waals surface area (Å²) in [6.07, 6.45) is 5.47. The van der Waals surface area contributed by atoms with Gasteiger partial charge in [-0.15, -0.1) is 0 Å². The largest absolute Gasteiger partial charge is 0.481 e. The zero-order valence-corrected chi connectivity index (χ0v) is 14.9. The molecule has 138 valence electrons. The van der Waals surface area contributed by atoms with Crippen LogP contribution in [0.3, 0.4) is 0 Å². The molecule has 5 atom stereocenters. The molecule has 0 amide bonds. The maximum absolute atomic E-state index is 11.0. The fourth-order valence-corrected chi connectivity index (χ4v) is 6.03. The summed E-state index contributed by atoms with van der Waals surface area (Å²) in [7, 11) is -4.00. The van der Waals surface area contributed by atoms with Crippen molar-refractivity contribution >= 4 is 16.1 Å². The molecule has 4 N–H and O–H groups in total. The van der Waals surface area contributed by atoms with Crippen LogP contribution >= 0.6 is 0 Å². The SMILES string of the molecule is NC[C@@]1(CC(=O)O)[C@@H]2C[C@@H]3CC[C@H]1[C@H]2C3.O=S(=O)(O)c1ccccc1. The van der Waals surface area contributed by atoms with E-state index in [1.807, 2.05) is 0 Å². The molecular formula is C18H25NO5S. The van der Waals surface area contributed by atoms with Gasteiger partial charge in [0.1, 0.15) is 0 Å². The van der Waals surface area contributed by atoms with Gasteiger partial charge in [0, 0.05) is 0 Å². The summed E-state index contributed by atoms with van der Waals surface area (Å²) >= 11 is 0. The van der Waals surface area contributed by atoms with Crippen LogP contribution in [-0.4, -0.2) is 30.6 Å². The van der Waals surface area contributed by atoms with Gasteiger partial charge in [-0.05, 0) is 67.0 Å². The van der Waals surface area contributed by atoms with Gasteiger partial charge in [-0.1, -0.05) is 24.6 Å². The average molecular weight is 367 g/mol. The summed E-state index contributed by atoms with van der Waals surface area (Å²) in [6, 6.07) is 7.42. The molecule has 0 unspecified atom stereocenters. The van der Waals surface area contributed by atoms with Crippen molar-refractivity contribution < 1.29 is 22.9 Å². The van der Waals surface area contributed by atoms with E-state index in [4.69, 9.17) is 15.4 Å². The van der Waals surface area contributed by atoms with Crippen molar-refractivity contribution in [2.45, 2.75) is 37.0 Å². The normalized spacial score (nSPS) is 35.3. The van der Waals surface area contributed by atoms with Crippen molar-refractivity contribution in [1.82, 2.24) is 0 Å². The lowest BCUT2D eigenvalue weighted by Crippen LogP contribution is -2.59. The van der Waals surface area contributed by atoms with Crippen LogP contribution in [0.4, 0.5) is 0 Å². The second kappa shape index (κ2) is 6.70. The highest BCUT2D eigenvalue weighted by molar-refractivity contribution is 7.85. The quantitative estimate of drug-likeness (QED) is 0.703. The Morgan fingerprint density at radius 1 is 1.16 bits per heavy atom. The molecule has 4 rings (SSSR count). The standard InChI is InChI=1S/C12H19NO2.C6H6O3S/c13-6-12(5-11(14)15)9-2-1-7-3-8(9)10(12)4-7;7-10(8,9)6-4-2-1-3-5-6/h7-10H,1-6,13H2,(H,14,15);1-5H,(H,7,8,9)/t7-,8-,9+,10-,12-;/m1./s1. The predicted octanol–water partition coefficient (Wildman–Crippen LogP) is 2.41. The van der Waals surface area contributed by atoms with E-state index in [0.717, 1.165) is 11.8 Å². The van der Waals surface area contributed by atoms with Gasteiger partial charge in [0.2, 0.25) is 0 Å². The molecule has 1 aromatic rings. The van der Waals surface area contributed by atoms with Crippen LogP contribution in [0.15, 0.2) is 35.2 Å². The van der Waals surface area contributed by atoms with Crippen LogP contribution in [0.2, 0.25) is 0 Å². The van der Waals surface area contributed by atoms with E-state index in [9.17, 15) is 13.2 Å². The van der Waals surface area contributed by atoms with Crippen LogP contribution in [0, 0.1) is 29.1 Å². The van der Waals surface area contributed by atoms with E-state index >= 15 is 0 Å². The summed E-state index contributed by atoms with van der Waals surface area (Å²) in [5, 5.41) is 9.04. The van der Waals surface area contributed by atoms with Gasteiger partial charge >= 0.3 is 5.97 Å². The predicted molar refractivity (Wildman–Crippen MR) is 92.4 cm³/mol. The van der Waals surface area contributed by atoms with Crippen LogP contribution < -0.4 is 5.73 Å². The second-order valence-electron chi connectivity index (χ2n) is 7.59. The number of carbonyl (C=O) groups is 1. The maximum atomic E-state index is 11.0. The molecule has 3 fully saturated rings. The third kappa shape index (κ3) is 3.32. The Balaban J connectivity index is 0.000000160. The lowest BCUT2D eigenvalue weighted by molar-refractivity contribution is -0.156. The van der Waals surface area contributed by atoms with Gasteiger partial charge < -0.3 is 10.8 Å². The molecule has 2 bridgehead atoms. The van der Waals surface area contributed by atoms with Crippen molar-refractivity contribution in [1.29, 1.82) is 0 Å². The van der Waals surface area contributed by atoms with Gasteiger partial charge in [0.25, 0.3) is 10.1 Å². The number of aliphatic carboxylic acids is 1.